The van der Waals surface area contributed by atoms with E-state index in [9.17, 15) is 18.7 Å². The lowest BCUT2D eigenvalue weighted by Gasteiger charge is -2.32. The molecule has 5 heterocycles. The highest BCUT2D eigenvalue weighted by Gasteiger charge is 2.27. The number of carboxylic acids is 1. The molecule has 10 nitrogen and oxygen atoms in total. The van der Waals surface area contributed by atoms with E-state index in [1.165, 1.54) is 12.1 Å². The topological polar surface area (TPSA) is 115 Å². The number of halogens is 3. The van der Waals surface area contributed by atoms with Crippen LogP contribution >= 0.6 is 11.6 Å². The van der Waals surface area contributed by atoms with E-state index in [4.69, 9.17) is 26.1 Å². The van der Waals surface area contributed by atoms with Crippen molar-refractivity contribution >= 4 is 28.7 Å². The number of fused-ring (bicyclic) bond motifs is 1. The van der Waals surface area contributed by atoms with Crippen molar-refractivity contribution in [3.8, 4) is 5.88 Å². The van der Waals surface area contributed by atoms with Crippen molar-refractivity contribution in [1.29, 1.82) is 0 Å². The number of carboxylic acid groups (broad SMARTS) is 1. The third-order valence-corrected chi connectivity index (χ3v) is 7.61. The lowest BCUT2D eigenvalue weighted by molar-refractivity contribution is -0.0593. The van der Waals surface area contributed by atoms with Gasteiger partial charge in [-0.25, -0.2) is 24.1 Å². The van der Waals surface area contributed by atoms with E-state index < -0.39 is 17.6 Å². The van der Waals surface area contributed by atoms with Crippen LogP contribution in [0.2, 0.25) is 5.02 Å². The second-order valence-electron chi connectivity index (χ2n) is 10.2. The van der Waals surface area contributed by atoms with Crippen molar-refractivity contribution in [3.63, 3.8) is 0 Å². The minimum atomic E-state index is -1.09. The maximum atomic E-state index is 14.5. The Balaban J connectivity index is 1.11. The van der Waals surface area contributed by atoms with Crippen molar-refractivity contribution < 1.29 is 28.2 Å². The zero-order valence-electron chi connectivity index (χ0n) is 22.0. The maximum Gasteiger partial charge on any atom is 0.354 e. The number of piperidine rings is 1. The Bertz CT molecular complexity index is 1590. The van der Waals surface area contributed by atoms with Gasteiger partial charge in [-0.2, -0.15) is 9.37 Å². The molecule has 0 amide bonds. The van der Waals surface area contributed by atoms with E-state index in [1.54, 1.807) is 18.2 Å². The summed E-state index contributed by atoms with van der Waals surface area (Å²) < 4.78 is 42.2. The molecule has 2 fully saturated rings. The van der Waals surface area contributed by atoms with Crippen LogP contribution < -0.4 is 4.74 Å². The van der Waals surface area contributed by atoms with Gasteiger partial charge in [-0.05, 0) is 49.1 Å². The molecule has 0 spiro atoms. The molecule has 0 radical (unpaired) electrons. The molecule has 4 aromatic rings. The zero-order valence-corrected chi connectivity index (χ0v) is 22.7. The second-order valence-corrected chi connectivity index (χ2v) is 10.6. The van der Waals surface area contributed by atoms with E-state index in [0.717, 1.165) is 18.4 Å². The molecular formula is C28H27ClF2N6O4. The van der Waals surface area contributed by atoms with Gasteiger partial charge in [0, 0.05) is 31.1 Å². The van der Waals surface area contributed by atoms with Gasteiger partial charge in [0.15, 0.2) is 11.3 Å². The van der Waals surface area contributed by atoms with E-state index in [-0.39, 0.29) is 41.0 Å². The quantitative estimate of drug-likeness (QED) is 0.308. The van der Waals surface area contributed by atoms with E-state index >= 15 is 0 Å². The first kappa shape index (κ1) is 27.4. The average molecular weight is 585 g/mol. The molecular weight excluding hydrogens is 558 g/mol. The summed E-state index contributed by atoms with van der Waals surface area (Å²) >= 11 is 5.82. The van der Waals surface area contributed by atoms with E-state index in [1.807, 2.05) is 4.57 Å². The largest absolute Gasteiger partial charge is 0.477 e. The van der Waals surface area contributed by atoms with Crippen molar-refractivity contribution in [2.24, 2.45) is 0 Å². The molecule has 3 aromatic heterocycles. The van der Waals surface area contributed by atoms with Crippen LogP contribution in [-0.4, -0.2) is 72.4 Å². The van der Waals surface area contributed by atoms with Gasteiger partial charge in [0.1, 0.15) is 29.1 Å². The molecule has 41 heavy (non-hydrogen) atoms. The van der Waals surface area contributed by atoms with Gasteiger partial charge in [0.25, 0.3) is 5.88 Å². The number of pyridine rings is 1. The molecule has 2 saturated heterocycles. The Kier molecular flexibility index (Phi) is 7.78. The number of likely N-dealkylation sites (tertiary alicyclic amines) is 1. The molecule has 2 aliphatic rings. The van der Waals surface area contributed by atoms with Crippen LogP contribution in [0.3, 0.4) is 0 Å². The Labute approximate surface area is 238 Å². The van der Waals surface area contributed by atoms with Gasteiger partial charge in [0.05, 0.1) is 25.4 Å². The summed E-state index contributed by atoms with van der Waals surface area (Å²) in [6.07, 6.45) is 3.11. The first-order chi connectivity index (χ1) is 19.8. The number of aromatic carboxylic acids is 1. The molecule has 0 aliphatic carbocycles. The number of carbonyl (C=O) groups is 1. The molecule has 214 valence electrons. The lowest BCUT2D eigenvalue weighted by atomic mass is 10.1. The number of benzene rings is 1. The van der Waals surface area contributed by atoms with Gasteiger partial charge in [-0.1, -0.05) is 17.7 Å². The molecule has 1 aromatic carbocycles. The number of nitrogens with zero attached hydrogens (tertiary/aromatic N) is 6. The molecule has 13 heteroatoms. The number of ether oxygens (including phenoxy) is 2. The van der Waals surface area contributed by atoms with Gasteiger partial charge in [0.2, 0.25) is 5.82 Å². The van der Waals surface area contributed by atoms with E-state index in [0.29, 0.717) is 62.4 Å². The molecule has 1 N–H and O–H groups in total. The third kappa shape index (κ3) is 6.14. The number of rotatable bonds is 9. The van der Waals surface area contributed by atoms with Crippen molar-refractivity contribution in [2.45, 2.75) is 51.0 Å². The molecule has 0 unspecified atom stereocenters. The Morgan fingerprint density at radius 3 is 2.61 bits per heavy atom. The fraction of sp³-hybridized carbons (Fsp3) is 0.393. The standard InChI is InChI=1S/C28H27ClF2N6O4/c29-17-2-1-16(20(30)12-17)11-24-32-13-21(31)27(35-24)41-18-5-8-36(9-6-18)15-25-33-22-3-4-23(28(38)39)34-26(22)37(25)14-19-7-10-40-19/h1-4,12-13,18-19H,5-11,14-15H2,(H,38,39)/t19-/m0/s1. The van der Waals surface area contributed by atoms with E-state index in [2.05, 4.69) is 19.9 Å². The SMILES string of the molecule is O=C(O)c1ccc2nc(CN3CCC(Oc4nc(Cc5ccc(Cl)cc5F)ncc4F)CC3)n(C[C@@H]3CCO3)c2n1. The van der Waals surface area contributed by atoms with Crippen LogP contribution in [0.1, 0.15) is 47.0 Å². The number of hydrogen-bond acceptors (Lipinski definition) is 8. The zero-order chi connectivity index (χ0) is 28.5. The predicted molar refractivity (Wildman–Crippen MR) is 144 cm³/mol. The fourth-order valence-corrected chi connectivity index (χ4v) is 5.20. The van der Waals surface area contributed by atoms with Gasteiger partial charge in [-0.3, -0.25) is 4.90 Å². The van der Waals surface area contributed by atoms with Crippen LogP contribution in [0, 0.1) is 11.6 Å². The molecule has 1 atom stereocenters. The third-order valence-electron chi connectivity index (χ3n) is 7.37. The minimum Gasteiger partial charge on any atom is -0.477 e. The van der Waals surface area contributed by atoms with Crippen molar-refractivity contribution in [3.05, 3.63) is 76.1 Å². The maximum absolute atomic E-state index is 14.5. The first-order valence-electron chi connectivity index (χ1n) is 13.4. The summed E-state index contributed by atoms with van der Waals surface area (Å²) in [4.78, 5) is 31.0. The van der Waals surface area contributed by atoms with Crippen LogP contribution in [0.5, 0.6) is 5.88 Å². The van der Waals surface area contributed by atoms with Crippen molar-refractivity contribution in [2.75, 3.05) is 19.7 Å². The smallest absolute Gasteiger partial charge is 0.354 e. The summed E-state index contributed by atoms with van der Waals surface area (Å²) in [6.45, 7) is 3.16. The van der Waals surface area contributed by atoms with Crippen LogP contribution in [-0.2, 0) is 24.2 Å². The first-order valence-corrected chi connectivity index (χ1v) is 13.8. The number of imidazole rings is 1. The Morgan fingerprint density at radius 2 is 1.90 bits per heavy atom. The summed E-state index contributed by atoms with van der Waals surface area (Å²) in [6, 6.07) is 7.48. The highest BCUT2D eigenvalue weighted by Crippen LogP contribution is 2.25. The molecule has 2 aliphatic heterocycles. The van der Waals surface area contributed by atoms with Crippen LogP contribution in [0.25, 0.3) is 11.2 Å². The highest BCUT2D eigenvalue weighted by atomic mass is 35.5. The second kappa shape index (κ2) is 11.6. The Hall–Kier alpha value is -3.74. The summed E-state index contributed by atoms with van der Waals surface area (Å²) in [5.41, 5.74) is 1.49. The minimum absolute atomic E-state index is 0.0314. The van der Waals surface area contributed by atoms with Gasteiger partial charge < -0.3 is 19.1 Å². The van der Waals surface area contributed by atoms with Gasteiger partial charge >= 0.3 is 5.97 Å². The summed E-state index contributed by atoms with van der Waals surface area (Å²) in [5.74, 6) is -1.36. The summed E-state index contributed by atoms with van der Waals surface area (Å²) in [7, 11) is 0. The molecule has 0 saturated carbocycles. The predicted octanol–water partition coefficient (Wildman–Crippen LogP) is 4.27. The van der Waals surface area contributed by atoms with Gasteiger partial charge in [-0.15, -0.1) is 0 Å². The molecule has 0 bridgehead atoms. The highest BCUT2D eigenvalue weighted by molar-refractivity contribution is 6.30. The van der Waals surface area contributed by atoms with Crippen LogP contribution in [0.15, 0.2) is 36.5 Å². The average Bonchev–Trinajstić information content (AvgIpc) is 3.26. The normalized spacial score (nSPS) is 18.0. The van der Waals surface area contributed by atoms with Crippen LogP contribution in [0.4, 0.5) is 8.78 Å². The lowest BCUT2D eigenvalue weighted by Crippen LogP contribution is -2.39. The monoisotopic (exact) mass is 584 g/mol. The number of hydrogen-bond donors (Lipinski definition) is 1. The number of aromatic nitrogens is 5. The van der Waals surface area contributed by atoms with Crippen molar-refractivity contribution in [1.82, 2.24) is 29.4 Å². The fourth-order valence-electron chi connectivity index (χ4n) is 5.04. The summed E-state index contributed by atoms with van der Waals surface area (Å²) in [5, 5.41) is 9.69. The Morgan fingerprint density at radius 1 is 1.10 bits per heavy atom. The molecule has 6 rings (SSSR count).